The first-order chi connectivity index (χ1) is 11.3. The molecule has 0 saturated carbocycles. The van der Waals surface area contributed by atoms with Gasteiger partial charge >= 0.3 is 0 Å². The molecule has 0 spiro atoms. The van der Waals surface area contributed by atoms with Gasteiger partial charge in [-0.15, -0.1) is 11.8 Å². The van der Waals surface area contributed by atoms with Crippen molar-refractivity contribution in [3.63, 3.8) is 0 Å². The van der Waals surface area contributed by atoms with Gasteiger partial charge in [0.2, 0.25) is 0 Å². The minimum absolute atomic E-state index is 0.0196. The maximum Gasteiger partial charge on any atom is 0.139 e. The maximum absolute atomic E-state index is 6.25. The Kier molecular flexibility index (Phi) is 9.88. The standard InChI is InChI=1S/C19H30Cl2O2S/c1-6-23-19(3,4)10-7-8-14(2)9-11-22-17-12-16(21)18(24-5)13-15(17)20/h12-14H,6-11H2,1-5H3. The van der Waals surface area contributed by atoms with E-state index in [-0.39, 0.29) is 5.60 Å². The zero-order chi connectivity index (χ0) is 18.2. The minimum atomic E-state index is -0.0196. The fraction of sp³-hybridized carbons (Fsp3) is 0.684. The Hall–Kier alpha value is -0.0900. The molecule has 1 aromatic rings. The van der Waals surface area contributed by atoms with Crippen molar-refractivity contribution < 1.29 is 9.47 Å². The summed E-state index contributed by atoms with van der Waals surface area (Å²) >= 11 is 14.0. The van der Waals surface area contributed by atoms with E-state index in [4.69, 9.17) is 32.7 Å². The molecule has 0 heterocycles. The molecule has 138 valence electrons. The van der Waals surface area contributed by atoms with Crippen molar-refractivity contribution in [2.24, 2.45) is 5.92 Å². The van der Waals surface area contributed by atoms with E-state index < -0.39 is 0 Å². The first-order valence-corrected chi connectivity index (χ1v) is 10.6. The largest absolute Gasteiger partial charge is 0.492 e. The van der Waals surface area contributed by atoms with Crippen LogP contribution in [0.4, 0.5) is 0 Å². The van der Waals surface area contributed by atoms with E-state index in [1.165, 1.54) is 12.8 Å². The van der Waals surface area contributed by atoms with Crippen LogP contribution in [0.15, 0.2) is 17.0 Å². The zero-order valence-corrected chi connectivity index (χ0v) is 17.8. The Morgan fingerprint density at radius 1 is 1.17 bits per heavy atom. The summed E-state index contributed by atoms with van der Waals surface area (Å²) in [6.45, 7) is 10.1. The van der Waals surface area contributed by atoms with Crippen LogP contribution in [0.25, 0.3) is 0 Å². The zero-order valence-electron chi connectivity index (χ0n) is 15.5. The molecule has 1 unspecified atom stereocenters. The predicted octanol–water partition coefficient (Wildman–Crippen LogP) is 7.11. The van der Waals surface area contributed by atoms with Crippen molar-refractivity contribution in [1.29, 1.82) is 0 Å². The molecule has 0 fully saturated rings. The highest BCUT2D eigenvalue weighted by Crippen LogP contribution is 2.35. The lowest BCUT2D eigenvalue weighted by Crippen LogP contribution is -2.24. The van der Waals surface area contributed by atoms with Crippen LogP contribution in [0.3, 0.4) is 0 Å². The molecule has 0 aliphatic rings. The van der Waals surface area contributed by atoms with Crippen LogP contribution >= 0.6 is 35.0 Å². The molecule has 24 heavy (non-hydrogen) atoms. The Bertz CT molecular complexity index is 506. The quantitative estimate of drug-likeness (QED) is 0.373. The summed E-state index contributed by atoms with van der Waals surface area (Å²) in [4.78, 5) is 0.972. The highest BCUT2D eigenvalue weighted by molar-refractivity contribution is 7.98. The second-order valence-electron chi connectivity index (χ2n) is 6.74. The monoisotopic (exact) mass is 392 g/mol. The Balaban J connectivity index is 2.33. The summed E-state index contributed by atoms with van der Waals surface area (Å²) in [5.74, 6) is 1.28. The normalized spacial score (nSPS) is 13.1. The van der Waals surface area contributed by atoms with Gasteiger partial charge in [-0.3, -0.25) is 0 Å². The fourth-order valence-electron chi connectivity index (χ4n) is 2.63. The van der Waals surface area contributed by atoms with Crippen molar-refractivity contribution in [1.82, 2.24) is 0 Å². The van der Waals surface area contributed by atoms with Gasteiger partial charge in [0.15, 0.2) is 0 Å². The first kappa shape index (κ1) is 22.0. The van der Waals surface area contributed by atoms with E-state index in [9.17, 15) is 0 Å². The molecule has 0 aliphatic heterocycles. The summed E-state index contributed by atoms with van der Waals surface area (Å²) < 4.78 is 11.6. The third-order valence-electron chi connectivity index (χ3n) is 4.09. The van der Waals surface area contributed by atoms with Crippen molar-refractivity contribution in [2.75, 3.05) is 19.5 Å². The van der Waals surface area contributed by atoms with Gasteiger partial charge in [-0.25, -0.2) is 0 Å². The molecule has 1 aromatic carbocycles. The van der Waals surface area contributed by atoms with E-state index >= 15 is 0 Å². The van der Waals surface area contributed by atoms with Gasteiger partial charge < -0.3 is 9.47 Å². The highest BCUT2D eigenvalue weighted by Gasteiger charge is 2.17. The fourth-order valence-corrected chi connectivity index (χ4v) is 3.79. The van der Waals surface area contributed by atoms with E-state index in [0.717, 1.165) is 24.3 Å². The van der Waals surface area contributed by atoms with Gasteiger partial charge in [-0.1, -0.05) is 43.0 Å². The molecule has 2 nitrogen and oxygen atoms in total. The van der Waals surface area contributed by atoms with Gasteiger partial charge in [0.1, 0.15) is 5.75 Å². The number of benzene rings is 1. The molecule has 1 atom stereocenters. The van der Waals surface area contributed by atoms with Gasteiger partial charge in [0.25, 0.3) is 0 Å². The Morgan fingerprint density at radius 3 is 2.50 bits per heavy atom. The minimum Gasteiger partial charge on any atom is -0.492 e. The number of hydrogen-bond donors (Lipinski definition) is 0. The smallest absolute Gasteiger partial charge is 0.139 e. The van der Waals surface area contributed by atoms with Gasteiger partial charge in [-0.05, 0) is 51.9 Å². The molecule has 0 radical (unpaired) electrons. The van der Waals surface area contributed by atoms with E-state index in [1.54, 1.807) is 11.8 Å². The molecule has 0 saturated heterocycles. The Morgan fingerprint density at radius 2 is 1.88 bits per heavy atom. The lowest BCUT2D eigenvalue weighted by molar-refractivity contribution is -0.0183. The number of thioether (sulfide) groups is 1. The van der Waals surface area contributed by atoms with Crippen LogP contribution in [0, 0.1) is 5.92 Å². The maximum atomic E-state index is 6.25. The summed E-state index contributed by atoms with van der Waals surface area (Å²) in [6, 6.07) is 3.67. The van der Waals surface area contributed by atoms with E-state index in [0.29, 0.717) is 28.3 Å². The third kappa shape index (κ3) is 7.86. The van der Waals surface area contributed by atoms with Crippen LogP contribution in [0.2, 0.25) is 10.0 Å². The Labute approximate surface area is 161 Å². The van der Waals surface area contributed by atoms with Gasteiger partial charge in [-0.2, -0.15) is 0 Å². The summed E-state index contributed by atoms with van der Waals surface area (Å²) in [5, 5.41) is 1.31. The summed E-state index contributed by atoms with van der Waals surface area (Å²) in [7, 11) is 0. The predicted molar refractivity (Wildman–Crippen MR) is 107 cm³/mol. The number of hydrogen-bond acceptors (Lipinski definition) is 3. The molecule has 1 rings (SSSR count). The van der Waals surface area contributed by atoms with Gasteiger partial charge in [0.05, 0.1) is 22.3 Å². The molecule has 0 N–H and O–H groups in total. The summed E-state index contributed by atoms with van der Waals surface area (Å²) in [6.07, 6.45) is 6.42. The number of halogens is 2. The molecular weight excluding hydrogens is 363 g/mol. The van der Waals surface area contributed by atoms with Crippen LogP contribution in [-0.2, 0) is 4.74 Å². The van der Waals surface area contributed by atoms with Crippen molar-refractivity contribution >= 4 is 35.0 Å². The van der Waals surface area contributed by atoms with Crippen molar-refractivity contribution in [3.05, 3.63) is 22.2 Å². The second kappa shape index (κ2) is 10.8. The molecular formula is C19H30Cl2O2S. The van der Waals surface area contributed by atoms with Crippen molar-refractivity contribution in [2.45, 2.75) is 63.9 Å². The molecule has 0 aromatic heterocycles. The lowest BCUT2D eigenvalue weighted by Gasteiger charge is -2.25. The SMILES string of the molecule is CCOC(C)(C)CCCC(C)CCOc1cc(Cl)c(SC)cc1Cl. The average molecular weight is 393 g/mol. The topological polar surface area (TPSA) is 18.5 Å². The highest BCUT2D eigenvalue weighted by atomic mass is 35.5. The van der Waals surface area contributed by atoms with E-state index in [2.05, 4.69) is 20.8 Å². The van der Waals surface area contributed by atoms with Crippen molar-refractivity contribution in [3.8, 4) is 5.75 Å². The number of ether oxygens (including phenoxy) is 2. The number of rotatable bonds is 11. The molecule has 0 bridgehead atoms. The molecule has 0 amide bonds. The lowest BCUT2D eigenvalue weighted by atomic mass is 9.95. The second-order valence-corrected chi connectivity index (χ2v) is 8.41. The van der Waals surface area contributed by atoms with E-state index in [1.807, 2.05) is 25.3 Å². The average Bonchev–Trinajstić information content (AvgIpc) is 2.50. The molecule has 0 aliphatic carbocycles. The molecule has 5 heteroatoms. The van der Waals surface area contributed by atoms with Crippen LogP contribution in [-0.4, -0.2) is 25.1 Å². The van der Waals surface area contributed by atoms with Gasteiger partial charge in [0, 0.05) is 17.6 Å². The first-order valence-electron chi connectivity index (χ1n) is 8.59. The van der Waals surface area contributed by atoms with Crippen LogP contribution in [0.5, 0.6) is 5.75 Å². The third-order valence-corrected chi connectivity index (χ3v) is 5.58. The van der Waals surface area contributed by atoms with Crippen LogP contribution < -0.4 is 4.74 Å². The summed E-state index contributed by atoms with van der Waals surface area (Å²) in [5.41, 5.74) is -0.0196. The van der Waals surface area contributed by atoms with Crippen LogP contribution in [0.1, 0.15) is 53.4 Å².